The molecule has 0 saturated heterocycles. The number of rotatable bonds is 4. The lowest BCUT2D eigenvalue weighted by Crippen LogP contribution is -2.47. The molecule has 0 fully saturated rings. The van der Waals surface area contributed by atoms with Crippen LogP contribution in [0.4, 0.5) is 4.79 Å². The van der Waals surface area contributed by atoms with Gasteiger partial charge in [-0.25, -0.2) is 14.6 Å². The van der Waals surface area contributed by atoms with E-state index in [1.807, 2.05) is 0 Å². The summed E-state index contributed by atoms with van der Waals surface area (Å²) in [5.74, 6) is -2.01. The Hall–Kier alpha value is -2.57. The highest BCUT2D eigenvalue weighted by Crippen LogP contribution is 2.09. The summed E-state index contributed by atoms with van der Waals surface area (Å²) >= 11 is 0. The minimum atomic E-state index is -1.31. The van der Waals surface area contributed by atoms with Crippen molar-refractivity contribution in [1.29, 1.82) is 0 Å². The van der Waals surface area contributed by atoms with Crippen LogP contribution >= 0.6 is 0 Å². The Labute approximate surface area is 115 Å². The maximum absolute atomic E-state index is 12.0. The van der Waals surface area contributed by atoms with E-state index in [0.29, 0.717) is 0 Å². The van der Waals surface area contributed by atoms with E-state index in [0.717, 1.165) is 5.01 Å². The molecule has 0 heterocycles. The van der Waals surface area contributed by atoms with E-state index < -0.39 is 18.0 Å². The molecule has 0 atom stereocenters. The van der Waals surface area contributed by atoms with Crippen molar-refractivity contribution in [2.24, 2.45) is 5.92 Å². The van der Waals surface area contributed by atoms with Crippen LogP contribution in [0.5, 0.6) is 0 Å². The van der Waals surface area contributed by atoms with Crippen LogP contribution in [-0.2, 0) is 0 Å². The van der Waals surface area contributed by atoms with Gasteiger partial charge < -0.3 is 10.2 Å². The van der Waals surface area contributed by atoms with E-state index in [4.69, 9.17) is 10.2 Å². The van der Waals surface area contributed by atoms with Crippen molar-refractivity contribution in [1.82, 2.24) is 10.4 Å². The van der Waals surface area contributed by atoms with Crippen LogP contribution in [0.1, 0.15) is 34.6 Å². The molecule has 1 rings (SSSR count). The molecule has 7 nitrogen and oxygen atoms in total. The Balaban J connectivity index is 2.95. The number of hydrogen-bond acceptors (Lipinski definition) is 3. The second kappa shape index (κ2) is 6.55. The first kappa shape index (κ1) is 15.5. The Morgan fingerprint density at radius 3 is 2.15 bits per heavy atom. The molecule has 3 N–H and O–H groups in total. The highest BCUT2D eigenvalue weighted by atomic mass is 16.4. The number of carbonyl (C=O) groups is 3. The molecule has 0 bridgehead atoms. The normalized spacial score (nSPS) is 10.2. The van der Waals surface area contributed by atoms with Gasteiger partial charge in [0.25, 0.3) is 5.91 Å². The predicted octanol–water partition coefficient (Wildman–Crippen LogP) is 1.67. The van der Waals surface area contributed by atoms with Crippen LogP contribution in [0.15, 0.2) is 24.3 Å². The number of hydrogen-bond donors (Lipinski definition) is 3. The van der Waals surface area contributed by atoms with Gasteiger partial charge >= 0.3 is 12.1 Å². The van der Waals surface area contributed by atoms with Crippen molar-refractivity contribution in [2.75, 3.05) is 6.54 Å². The zero-order chi connectivity index (χ0) is 15.3. The van der Waals surface area contributed by atoms with Gasteiger partial charge in [0.1, 0.15) is 0 Å². The van der Waals surface area contributed by atoms with Gasteiger partial charge in [-0.2, -0.15) is 0 Å². The molecule has 20 heavy (non-hydrogen) atoms. The third kappa shape index (κ3) is 3.98. The molecule has 0 unspecified atom stereocenters. The SMILES string of the molecule is CC(C)CN(NC(=O)c1ccccc1C(=O)O)C(=O)O. The lowest BCUT2D eigenvalue weighted by molar-refractivity contribution is 0.0676. The lowest BCUT2D eigenvalue weighted by Gasteiger charge is -2.22. The van der Waals surface area contributed by atoms with Gasteiger partial charge in [-0.3, -0.25) is 10.2 Å². The maximum atomic E-state index is 12.0. The molecular formula is C13H16N2O5. The van der Waals surface area contributed by atoms with Crippen molar-refractivity contribution in [3.8, 4) is 0 Å². The van der Waals surface area contributed by atoms with E-state index in [-0.39, 0.29) is 23.6 Å². The van der Waals surface area contributed by atoms with E-state index in [2.05, 4.69) is 5.43 Å². The van der Waals surface area contributed by atoms with Gasteiger partial charge in [0.15, 0.2) is 0 Å². The molecule has 0 aliphatic heterocycles. The van der Waals surface area contributed by atoms with E-state index in [1.165, 1.54) is 24.3 Å². The largest absolute Gasteiger partial charge is 0.478 e. The van der Waals surface area contributed by atoms with Gasteiger partial charge in [0.2, 0.25) is 0 Å². The molecule has 0 spiro atoms. The van der Waals surface area contributed by atoms with Gasteiger partial charge in [0, 0.05) is 6.54 Å². The summed E-state index contributed by atoms with van der Waals surface area (Å²) in [7, 11) is 0. The number of nitrogens with zero attached hydrogens (tertiary/aromatic N) is 1. The topological polar surface area (TPSA) is 107 Å². The Kier molecular flexibility index (Phi) is 5.08. The number of amides is 2. The molecule has 7 heteroatoms. The van der Waals surface area contributed by atoms with Gasteiger partial charge in [-0.1, -0.05) is 26.0 Å². The van der Waals surface area contributed by atoms with Crippen LogP contribution < -0.4 is 5.43 Å². The van der Waals surface area contributed by atoms with Crippen molar-refractivity contribution in [3.63, 3.8) is 0 Å². The summed E-state index contributed by atoms with van der Waals surface area (Å²) in [4.78, 5) is 34.0. The summed E-state index contributed by atoms with van der Waals surface area (Å²) in [5.41, 5.74) is 1.92. The van der Waals surface area contributed by atoms with Crippen LogP contribution in [0, 0.1) is 5.92 Å². The average molecular weight is 280 g/mol. The number of aromatic carboxylic acids is 1. The van der Waals surface area contributed by atoms with Crippen LogP contribution in [0.3, 0.4) is 0 Å². The molecule has 1 aromatic rings. The smallest absolute Gasteiger partial charge is 0.426 e. The monoisotopic (exact) mass is 280 g/mol. The lowest BCUT2D eigenvalue weighted by atomic mass is 10.1. The highest BCUT2D eigenvalue weighted by molar-refractivity contribution is 6.04. The molecular weight excluding hydrogens is 264 g/mol. The van der Waals surface area contributed by atoms with E-state index >= 15 is 0 Å². The van der Waals surface area contributed by atoms with Gasteiger partial charge in [0.05, 0.1) is 11.1 Å². The quantitative estimate of drug-likeness (QED) is 0.727. The summed E-state index contributed by atoms with van der Waals surface area (Å²) < 4.78 is 0. The van der Waals surface area contributed by atoms with Crippen molar-refractivity contribution in [2.45, 2.75) is 13.8 Å². The Bertz CT molecular complexity index is 527. The highest BCUT2D eigenvalue weighted by Gasteiger charge is 2.20. The molecule has 0 saturated carbocycles. The molecule has 0 aromatic heterocycles. The molecule has 0 aliphatic carbocycles. The maximum Gasteiger partial charge on any atom is 0.426 e. The number of carboxylic acids is 1. The van der Waals surface area contributed by atoms with E-state index in [9.17, 15) is 14.4 Å². The number of hydrazine groups is 1. The fourth-order valence-corrected chi connectivity index (χ4v) is 1.59. The predicted molar refractivity (Wildman–Crippen MR) is 70.4 cm³/mol. The zero-order valence-corrected chi connectivity index (χ0v) is 11.2. The summed E-state index contributed by atoms with van der Waals surface area (Å²) in [5, 5.41) is 18.7. The summed E-state index contributed by atoms with van der Waals surface area (Å²) in [6.07, 6.45) is -1.31. The minimum absolute atomic E-state index is 0.0149. The Morgan fingerprint density at radius 1 is 1.15 bits per heavy atom. The number of carboxylic acid groups (broad SMARTS) is 2. The first-order chi connectivity index (χ1) is 9.32. The van der Waals surface area contributed by atoms with Gasteiger partial charge in [-0.05, 0) is 18.1 Å². The molecule has 2 amide bonds. The van der Waals surface area contributed by atoms with Crippen molar-refractivity contribution >= 4 is 18.0 Å². The third-order valence-electron chi connectivity index (χ3n) is 2.42. The van der Waals surface area contributed by atoms with Crippen LogP contribution in [0.25, 0.3) is 0 Å². The number of carbonyl (C=O) groups excluding carboxylic acids is 1. The van der Waals surface area contributed by atoms with Gasteiger partial charge in [-0.15, -0.1) is 0 Å². The molecule has 0 aliphatic rings. The van der Waals surface area contributed by atoms with Crippen LogP contribution in [-0.4, -0.2) is 39.7 Å². The Morgan fingerprint density at radius 2 is 1.70 bits per heavy atom. The standard InChI is InChI=1S/C13H16N2O5/c1-8(2)7-15(13(19)20)14-11(16)9-5-3-4-6-10(9)12(17)18/h3-6,8H,7H2,1-2H3,(H,14,16)(H,17,18)(H,19,20). The first-order valence-electron chi connectivity index (χ1n) is 5.96. The van der Waals surface area contributed by atoms with E-state index in [1.54, 1.807) is 13.8 Å². The molecule has 1 aromatic carbocycles. The summed E-state index contributed by atoms with van der Waals surface area (Å²) in [6.45, 7) is 3.71. The average Bonchev–Trinajstić information content (AvgIpc) is 2.37. The first-order valence-corrected chi connectivity index (χ1v) is 5.96. The van der Waals surface area contributed by atoms with Crippen LogP contribution in [0.2, 0.25) is 0 Å². The molecule has 108 valence electrons. The number of benzene rings is 1. The summed E-state index contributed by atoms with van der Waals surface area (Å²) in [6, 6.07) is 5.61. The van der Waals surface area contributed by atoms with Crippen molar-refractivity contribution < 1.29 is 24.6 Å². The third-order valence-corrected chi connectivity index (χ3v) is 2.42. The minimum Gasteiger partial charge on any atom is -0.478 e. The second-order valence-corrected chi connectivity index (χ2v) is 4.58. The second-order valence-electron chi connectivity index (χ2n) is 4.58. The fraction of sp³-hybridized carbons (Fsp3) is 0.308. The fourth-order valence-electron chi connectivity index (χ4n) is 1.59. The van der Waals surface area contributed by atoms with Crippen molar-refractivity contribution in [3.05, 3.63) is 35.4 Å². The number of nitrogens with one attached hydrogen (secondary N) is 1. The molecule has 0 radical (unpaired) electrons. The zero-order valence-electron chi connectivity index (χ0n) is 11.2.